The highest BCUT2D eigenvalue weighted by Gasteiger charge is 2.29. The normalized spacial score (nSPS) is 15.3. The average Bonchev–Trinajstić information content (AvgIpc) is 2.39. The maximum atomic E-state index is 11.6. The highest BCUT2D eigenvalue weighted by molar-refractivity contribution is 6.01. The zero-order valence-corrected chi connectivity index (χ0v) is 7.82. The fourth-order valence-electron chi connectivity index (χ4n) is 1.71. The lowest BCUT2D eigenvalue weighted by atomic mass is 10.3. The Kier molecular flexibility index (Phi) is 1.79. The fraction of sp³-hybridized carbons (Fsp3) is 0.400. The molecule has 0 spiro atoms. The van der Waals surface area contributed by atoms with Gasteiger partial charge in [-0.3, -0.25) is 9.78 Å². The first kappa shape index (κ1) is 8.23. The average molecular weight is 176 g/mol. The van der Waals surface area contributed by atoms with Crippen LogP contribution in [0.5, 0.6) is 0 Å². The molecule has 0 radical (unpaired) electrons. The van der Waals surface area contributed by atoms with Gasteiger partial charge in [-0.25, -0.2) is 0 Å². The summed E-state index contributed by atoms with van der Waals surface area (Å²) in [6.07, 6.45) is 2.18. The SMILES string of the molecule is CC(C)N1C(=O)Cc2ncccc21. The summed E-state index contributed by atoms with van der Waals surface area (Å²) in [5.41, 5.74) is 1.88. The van der Waals surface area contributed by atoms with Gasteiger partial charge in [0.25, 0.3) is 0 Å². The van der Waals surface area contributed by atoms with E-state index in [1.807, 2.05) is 30.9 Å². The van der Waals surface area contributed by atoms with Crippen molar-refractivity contribution in [2.45, 2.75) is 26.3 Å². The third kappa shape index (κ3) is 1.20. The number of fused-ring (bicyclic) bond motifs is 1. The highest BCUT2D eigenvalue weighted by atomic mass is 16.2. The molecule has 68 valence electrons. The van der Waals surface area contributed by atoms with E-state index in [0.717, 1.165) is 11.4 Å². The molecule has 0 unspecified atom stereocenters. The summed E-state index contributed by atoms with van der Waals surface area (Å²) in [6.45, 7) is 4.03. The summed E-state index contributed by atoms with van der Waals surface area (Å²) in [6, 6.07) is 4.04. The van der Waals surface area contributed by atoms with Crippen molar-refractivity contribution in [3.63, 3.8) is 0 Å². The van der Waals surface area contributed by atoms with Gasteiger partial charge in [0, 0.05) is 12.2 Å². The second-order valence-electron chi connectivity index (χ2n) is 3.50. The second kappa shape index (κ2) is 2.83. The first-order valence-electron chi connectivity index (χ1n) is 4.46. The molecule has 1 aromatic rings. The van der Waals surface area contributed by atoms with Crippen molar-refractivity contribution >= 4 is 11.6 Å². The van der Waals surface area contributed by atoms with E-state index in [0.29, 0.717) is 6.42 Å². The Morgan fingerprint density at radius 3 is 3.00 bits per heavy atom. The number of rotatable bonds is 1. The topological polar surface area (TPSA) is 33.2 Å². The zero-order valence-electron chi connectivity index (χ0n) is 7.82. The lowest BCUT2D eigenvalue weighted by Crippen LogP contribution is -2.33. The molecule has 0 aromatic carbocycles. The van der Waals surface area contributed by atoms with Gasteiger partial charge in [-0.2, -0.15) is 0 Å². The third-order valence-corrected chi connectivity index (χ3v) is 2.23. The molecule has 0 aliphatic carbocycles. The predicted octanol–water partition coefficient (Wildman–Crippen LogP) is 1.38. The fourth-order valence-corrected chi connectivity index (χ4v) is 1.71. The Bertz CT molecular complexity index is 347. The van der Waals surface area contributed by atoms with Crippen molar-refractivity contribution in [2.75, 3.05) is 4.90 Å². The van der Waals surface area contributed by atoms with Crippen LogP contribution >= 0.6 is 0 Å². The van der Waals surface area contributed by atoms with Crippen LogP contribution in [0.4, 0.5) is 5.69 Å². The Morgan fingerprint density at radius 1 is 1.54 bits per heavy atom. The molecular weight excluding hydrogens is 164 g/mol. The van der Waals surface area contributed by atoms with Crippen molar-refractivity contribution in [1.82, 2.24) is 4.98 Å². The van der Waals surface area contributed by atoms with Crippen molar-refractivity contribution in [2.24, 2.45) is 0 Å². The molecule has 0 bridgehead atoms. The quantitative estimate of drug-likeness (QED) is 0.647. The van der Waals surface area contributed by atoms with Gasteiger partial charge in [0.2, 0.25) is 5.91 Å². The number of aromatic nitrogens is 1. The Labute approximate surface area is 77.4 Å². The van der Waals surface area contributed by atoms with Crippen LogP contribution in [0.25, 0.3) is 0 Å². The van der Waals surface area contributed by atoms with Gasteiger partial charge >= 0.3 is 0 Å². The van der Waals surface area contributed by atoms with Gasteiger partial charge < -0.3 is 4.90 Å². The smallest absolute Gasteiger partial charge is 0.233 e. The van der Waals surface area contributed by atoms with Crippen LogP contribution < -0.4 is 4.90 Å². The standard InChI is InChI=1S/C10H12N2O/c1-7(2)12-9-4-3-5-11-8(9)6-10(12)13/h3-5,7H,6H2,1-2H3. The Balaban J connectivity index is 2.46. The van der Waals surface area contributed by atoms with Crippen molar-refractivity contribution in [1.29, 1.82) is 0 Å². The molecule has 2 rings (SSSR count). The Hall–Kier alpha value is -1.38. The van der Waals surface area contributed by atoms with Crippen LogP contribution in [0.1, 0.15) is 19.5 Å². The van der Waals surface area contributed by atoms with E-state index in [4.69, 9.17) is 0 Å². The van der Waals surface area contributed by atoms with Gasteiger partial charge in [-0.1, -0.05) is 0 Å². The lowest BCUT2D eigenvalue weighted by Gasteiger charge is -2.21. The van der Waals surface area contributed by atoms with Gasteiger partial charge in [0.1, 0.15) is 0 Å². The minimum Gasteiger partial charge on any atom is -0.308 e. The molecule has 0 fully saturated rings. The molecular formula is C10H12N2O. The number of nitrogens with zero attached hydrogens (tertiary/aromatic N) is 2. The minimum atomic E-state index is 0.156. The van der Waals surface area contributed by atoms with Gasteiger partial charge in [-0.05, 0) is 26.0 Å². The van der Waals surface area contributed by atoms with Crippen molar-refractivity contribution in [3.05, 3.63) is 24.0 Å². The molecule has 0 saturated carbocycles. The number of anilines is 1. The Morgan fingerprint density at radius 2 is 2.31 bits per heavy atom. The molecule has 2 heterocycles. The number of carbonyl (C=O) groups excluding carboxylic acids is 1. The van der Waals surface area contributed by atoms with Crippen molar-refractivity contribution in [3.8, 4) is 0 Å². The molecule has 1 amide bonds. The van der Waals surface area contributed by atoms with E-state index < -0.39 is 0 Å². The minimum absolute atomic E-state index is 0.156. The summed E-state index contributed by atoms with van der Waals surface area (Å²) in [7, 11) is 0. The van der Waals surface area contributed by atoms with Crippen molar-refractivity contribution < 1.29 is 4.79 Å². The summed E-state index contributed by atoms with van der Waals surface area (Å²) in [5.74, 6) is 0.156. The number of hydrogen-bond acceptors (Lipinski definition) is 2. The summed E-state index contributed by atoms with van der Waals surface area (Å²) >= 11 is 0. The molecule has 1 aromatic heterocycles. The first-order valence-corrected chi connectivity index (χ1v) is 4.46. The van der Waals surface area contributed by atoms with Crippen LogP contribution in [0.15, 0.2) is 18.3 Å². The van der Waals surface area contributed by atoms with Crippen LogP contribution in [0.2, 0.25) is 0 Å². The maximum absolute atomic E-state index is 11.6. The van der Waals surface area contributed by atoms with E-state index in [-0.39, 0.29) is 11.9 Å². The summed E-state index contributed by atoms with van der Waals surface area (Å²) in [4.78, 5) is 17.5. The second-order valence-corrected chi connectivity index (χ2v) is 3.50. The van der Waals surface area contributed by atoms with E-state index in [1.54, 1.807) is 6.20 Å². The predicted molar refractivity (Wildman–Crippen MR) is 50.6 cm³/mol. The molecule has 3 heteroatoms. The zero-order chi connectivity index (χ0) is 9.42. The number of pyridine rings is 1. The van der Waals surface area contributed by atoms with Gasteiger partial charge in [0.05, 0.1) is 17.8 Å². The monoisotopic (exact) mass is 176 g/mol. The first-order chi connectivity index (χ1) is 6.20. The molecule has 1 aliphatic rings. The maximum Gasteiger partial charge on any atom is 0.233 e. The molecule has 0 atom stereocenters. The van der Waals surface area contributed by atoms with E-state index in [2.05, 4.69) is 4.98 Å². The van der Waals surface area contributed by atoms with Gasteiger partial charge in [-0.15, -0.1) is 0 Å². The molecule has 1 aliphatic heterocycles. The number of amides is 1. The number of carbonyl (C=O) groups is 1. The molecule has 3 nitrogen and oxygen atoms in total. The van der Waals surface area contributed by atoms with Crippen LogP contribution in [-0.4, -0.2) is 16.9 Å². The highest BCUT2D eigenvalue weighted by Crippen LogP contribution is 2.27. The van der Waals surface area contributed by atoms with E-state index in [9.17, 15) is 4.79 Å². The molecule has 0 N–H and O–H groups in total. The van der Waals surface area contributed by atoms with E-state index in [1.165, 1.54) is 0 Å². The third-order valence-electron chi connectivity index (χ3n) is 2.23. The van der Waals surface area contributed by atoms with E-state index >= 15 is 0 Å². The molecule has 0 saturated heterocycles. The largest absolute Gasteiger partial charge is 0.308 e. The summed E-state index contributed by atoms with van der Waals surface area (Å²) < 4.78 is 0. The van der Waals surface area contributed by atoms with Gasteiger partial charge in [0.15, 0.2) is 0 Å². The number of hydrogen-bond donors (Lipinski definition) is 0. The summed E-state index contributed by atoms with van der Waals surface area (Å²) in [5, 5.41) is 0. The van der Waals surface area contributed by atoms with Crippen LogP contribution in [0, 0.1) is 0 Å². The lowest BCUT2D eigenvalue weighted by molar-refractivity contribution is -0.117. The van der Waals surface area contributed by atoms with Crippen LogP contribution in [-0.2, 0) is 11.2 Å². The molecule has 13 heavy (non-hydrogen) atoms. The van der Waals surface area contributed by atoms with Crippen LogP contribution in [0.3, 0.4) is 0 Å².